The molecule has 1 atom stereocenters. The Hall–Kier alpha value is -2.32. The van der Waals surface area contributed by atoms with E-state index >= 15 is 0 Å². The van der Waals surface area contributed by atoms with Crippen molar-refractivity contribution in [3.8, 4) is 0 Å². The van der Waals surface area contributed by atoms with Gasteiger partial charge in [0, 0.05) is 30.4 Å². The number of nitrogens with zero attached hydrogens (tertiary/aromatic N) is 2. The summed E-state index contributed by atoms with van der Waals surface area (Å²) in [5, 5.41) is 6.39. The van der Waals surface area contributed by atoms with Gasteiger partial charge in [-0.25, -0.2) is 21.8 Å². The molecule has 1 aromatic carbocycles. The van der Waals surface area contributed by atoms with Crippen LogP contribution in [-0.2, 0) is 24.8 Å². The molecule has 170 valence electrons. The third-order valence-electron chi connectivity index (χ3n) is 4.93. The predicted octanol–water partition coefficient (Wildman–Crippen LogP) is 3.04. The van der Waals surface area contributed by atoms with Gasteiger partial charge in [-0.1, -0.05) is 6.07 Å². The van der Waals surface area contributed by atoms with E-state index < -0.39 is 26.0 Å². The number of hydrogen-bond acceptors (Lipinski definition) is 8. The van der Waals surface area contributed by atoms with Gasteiger partial charge in [-0.3, -0.25) is 9.52 Å². The zero-order valence-electron chi connectivity index (χ0n) is 16.7. The minimum absolute atomic E-state index is 0.0385. The largest absolute Gasteiger partial charge is 0.326 e. The number of amides is 1. The number of benzene rings is 1. The molecule has 3 heterocycles. The van der Waals surface area contributed by atoms with E-state index in [9.17, 15) is 21.6 Å². The van der Waals surface area contributed by atoms with Crippen LogP contribution < -0.4 is 10.0 Å². The molecule has 9 nitrogen and oxygen atoms in total. The van der Waals surface area contributed by atoms with E-state index in [-0.39, 0.29) is 26.7 Å². The van der Waals surface area contributed by atoms with Gasteiger partial charge in [0.25, 0.3) is 20.0 Å². The molecule has 0 saturated carbocycles. The summed E-state index contributed by atoms with van der Waals surface area (Å²) in [5.41, 5.74) is 0.432. The molecule has 1 aliphatic rings. The topological polar surface area (TPSA) is 126 Å². The molecule has 1 amide bonds. The van der Waals surface area contributed by atoms with Crippen LogP contribution in [0.5, 0.6) is 0 Å². The molecule has 2 aromatic heterocycles. The molecule has 0 bridgehead atoms. The summed E-state index contributed by atoms with van der Waals surface area (Å²) >= 11 is 2.32. The van der Waals surface area contributed by atoms with Gasteiger partial charge in [-0.15, -0.1) is 22.7 Å². The number of carbonyl (C=O) groups is 1. The van der Waals surface area contributed by atoms with Gasteiger partial charge in [0.1, 0.15) is 4.21 Å². The molecular formula is C19H20N4O5S4. The Morgan fingerprint density at radius 1 is 1.06 bits per heavy atom. The third kappa shape index (κ3) is 5.02. The fourth-order valence-electron chi connectivity index (χ4n) is 3.32. The second-order valence-corrected chi connectivity index (χ2v) is 12.8. The number of piperidine rings is 1. The van der Waals surface area contributed by atoms with Gasteiger partial charge >= 0.3 is 0 Å². The van der Waals surface area contributed by atoms with Crippen LogP contribution >= 0.6 is 22.7 Å². The number of rotatable bonds is 7. The average molecular weight is 513 g/mol. The molecule has 0 spiro atoms. The Kier molecular flexibility index (Phi) is 6.62. The second kappa shape index (κ2) is 9.27. The highest BCUT2D eigenvalue weighted by atomic mass is 32.2. The first-order valence-electron chi connectivity index (χ1n) is 9.62. The number of anilines is 2. The average Bonchev–Trinajstić information content (AvgIpc) is 3.49. The Morgan fingerprint density at radius 3 is 2.50 bits per heavy atom. The SMILES string of the molecule is O=C(Nc1ccc(S(=O)(=O)Nc2nccs2)cc1)[C@@H]1CCCN(S(=O)(=O)c2cccs2)C1. The molecule has 13 heteroatoms. The highest BCUT2D eigenvalue weighted by Crippen LogP contribution is 2.27. The third-order valence-corrected chi connectivity index (χ3v) is 10.3. The minimum Gasteiger partial charge on any atom is -0.326 e. The van der Waals surface area contributed by atoms with Crippen LogP contribution in [-0.4, -0.2) is 45.1 Å². The summed E-state index contributed by atoms with van der Waals surface area (Å²) in [5.74, 6) is -0.791. The lowest BCUT2D eigenvalue weighted by atomic mass is 9.99. The lowest BCUT2D eigenvalue weighted by Crippen LogP contribution is -2.43. The summed E-state index contributed by atoms with van der Waals surface area (Å²) in [6.45, 7) is 0.485. The zero-order chi connectivity index (χ0) is 22.8. The molecule has 3 aromatic rings. The summed E-state index contributed by atoms with van der Waals surface area (Å²) < 4.78 is 54.4. The summed E-state index contributed by atoms with van der Waals surface area (Å²) in [4.78, 5) is 16.7. The highest BCUT2D eigenvalue weighted by Gasteiger charge is 2.33. The fourth-order valence-corrected chi connectivity index (χ4v) is 7.78. The van der Waals surface area contributed by atoms with Crippen molar-refractivity contribution in [2.45, 2.75) is 21.9 Å². The van der Waals surface area contributed by atoms with E-state index in [0.29, 0.717) is 25.1 Å². The highest BCUT2D eigenvalue weighted by molar-refractivity contribution is 7.93. The smallest absolute Gasteiger partial charge is 0.263 e. The van der Waals surface area contributed by atoms with Crippen molar-refractivity contribution >= 4 is 59.4 Å². The fraction of sp³-hybridized carbons (Fsp3) is 0.263. The maximum atomic E-state index is 12.8. The summed E-state index contributed by atoms with van der Waals surface area (Å²) in [6, 6.07) is 9.01. The van der Waals surface area contributed by atoms with Crippen molar-refractivity contribution < 1.29 is 21.6 Å². The van der Waals surface area contributed by atoms with E-state index in [2.05, 4.69) is 15.0 Å². The van der Waals surface area contributed by atoms with Crippen LogP contribution in [0.4, 0.5) is 10.8 Å². The Labute approximate surface area is 194 Å². The Morgan fingerprint density at radius 2 is 1.84 bits per heavy atom. The first-order chi connectivity index (χ1) is 15.3. The first kappa shape index (κ1) is 22.9. The van der Waals surface area contributed by atoms with E-state index in [1.54, 1.807) is 22.9 Å². The Bertz CT molecular complexity index is 1270. The van der Waals surface area contributed by atoms with Crippen LogP contribution in [0.2, 0.25) is 0 Å². The molecule has 1 saturated heterocycles. The monoisotopic (exact) mass is 512 g/mol. The van der Waals surface area contributed by atoms with Crippen molar-refractivity contribution in [2.75, 3.05) is 23.1 Å². The van der Waals surface area contributed by atoms with E-state index in [1.807, 2.05) is 0 Å². The zero-order valence-corrected chi connectivity index (χ0v) is 19.9. The van der Waals surface area contributed by atoms with Gasteiger partial charge in [-0.05, 0) is 48.6 Å². The predicted molar refractivity (Wildman–Crippen MR) is 124 cm³/mol. The number of aromatic nitrogens is 1. The summed E-state index contributed by atoms with van der Waals surface area (Å²) in [6.07, 6.45) is 2.66. The van der Waals surface area contributed by atoms with E-state index in [0.717, 1.165) is 11.3 Å². The van der Waals surface area contributed by atoms with Crippen LogP contribution in [0, 0.1) is 5.92 Å². The molecule has 0 unspecified atom stereocenters. The number of carbonyl (C=O) groups excluding carboxylic acids is 1. The minimum atomic E-state index is -3.78. The van der Waals surface area contributed by atoms with E-state index in [1.165, 1.54) is 46.1 Å². The molecule has 4 rings (SSSR count). The van der Waals surface area contributed by atoms with Gasteiger partial charge in [0.15, 0.2) is 5.13 Å². The van der Waals surface area contributed by atoms with Crippen molar-refractivity contribution in [1.82, 2.24) is 9.29 Å². The number of nitrogens with one attached hydrogen (secondary N) is 2. The molecule has 1 aliphatic heterocycles. The number of hydrogen-bond donors (Lipinski definition) is 2. The van der Waals surface area contributed by atoms with Crippen LogP contribution in [0.3, 0.4) is 0 Å². The maximum Gasteiger partial charge on any atom is 0.263 e. The molecule has 0 aliphatic carbocycles. The van der Waals surface area contributed by atoms with Crippen LogP contribution in [0.25, 0.3) is 0 Å². The van der Waals surface area contributed by atoms with Gasteiger partial charge in [0.05, 0.1) is 10.8 Å². The number of thiophene rings is 1. The van der Waals surface area contributed by atoms with Crippen LogP contribution in [0.15, 0.2) is 62.5 Å². The van der Waals surface area contributed by atoms with E-state index in [4.69, 9.17) is 0 Å². The molecular weight excluding hydrogens is 493 g/mol. The van der Waals surface area contributed by atoms with Crippen molar-refractivity contribution in [1.29, 1.82) is 0 Å². The molecule has 32 heavy (non-hydrogen) atoms. The van der Waals surface area contributed by atoms with Gasteiger partial charge < -0.3 is 5.32 Å². The quantitative estimate of drug-likeness (QED) is 0.501. The second-order valence-electron chi connectivity index (χ2n) is 7.09. The molecule has 2 N–H and O–H groups in total. The molecule has 0 radical (unpaired) electrons. The maximum absolute atomic E-state index is 12.8. The standard InChI is InChI=1S/C19H20N4O5S4/c24-18(14-3-1-10-23(13-14)32(27,28)17-4-2-11-29-17)21-15-5-7-16(8-6-15)31(25,26)22-19-20-9-12-30-19/h2,4-9,11-12,14H,1,3,10,13H2,(H,20,22)(H,21,24)/t14-/m1/s1. The Balaban J connectivity index is 1.40. The van der Waals surface area contributed by atoms with Crippen molar-refractivity contribution in [3.05, 3.63) is 53.4 Å². The lowest BCUT2D eigenvalue weighted by molar-refractivity contribution is -0.120. The lowest BCUT2D eigenvalue weighted by Gasteiger charge is -2.30. The van der Waals surface area contributed by atoms with Crippen LogP contribution in [0.1, 0.15) is 12.8 Å². The number of thiazole rings is 1. The van der Waals surface area contributed by atoms with Gasteiger partial charge in [-0.2, -0.15) is 4.31 Å². The number of sulfonamides is 2. The normalized spacial score (nSPS) is 17.7. The van der Waals surface area contributed by atoms with Crippen molar-refractivity contribution in [3.63, 3.8) is 0 Å². The first-order valence-corrected chi connectivity index (χ1v) is 14.3. The molecule has 1 fully saturated rings. The summed E-state index contributed by atoms with van der Waals surface area (Å²) in [7, 11) is -7.39. The van der Waals surface area contributed by atoms with Gasteiger partial charge in [0.2, 0.25) is 5.91 Å². The van der Waals surface area contributed by atoms with Crippen molar-refractivity contribution in [2.24, 2.45) is 5.92 Å².